The lowest BCUT2D eigenvalue weighted by Crippen LogP contribution is -2.31. The van der Waals surface area contributed by atoms with E-state index >= 15 is 0 Å². The molecule has 1 fully saturated rings. The van der Waals surface area contributed by atoms with Crippen LogP contribution >= 0.6 is 11.8 Å². The van der Waals surface area contributed by atoms with Crippen LogP contribution in [0.5, 0.6) is 0 Å². The fourth-order valence-electron chi connectivity index (χ4n) is 5.46. The molecule has 6 rings (SSSR count). The minimum absolute atomic E-state index is 0.0240. The number of rotatable bonds is 11. The van der Waals surface area contributed by atoms with E-state index in [2.05, 4.69) is 10.3 Å². The summed E-state index contributed by atoms with van der Waals surface area (Å²) >= 11 is 1.61. The zero-order valence-electron chi connectivity index (χ0n) is 25.5. The Morgan fingerprint density at radius 2 is 1.57 bits per heavy atom. The van der Waals surface area contributed by atoms with E-state index in [9.17, 15) is 19.8 Å². The first kappa shape index (κ1) is 32.2. The summed E-state index contributed by atoms with van der Waals surface area (Å²) in [4.78, 5) is 28.9. The molecule has 4 aromatic carbocycles. The SMILES string of the molecule is O=C(O)c1ccc(SC[C@H]2C[C@@H](c3ccc(CO)cc3)O[C@@H](c3ccc(-c4ccccc4CNC(=O)c4cccnc4)cc3)O2)cc1. The highest BCUT2D eigenvalue weighted by atomic mass is 32.2. The number of carbonyl (C=O) groups excluding carboxylic acids is 1. The first-order valence-electron chi connectivity index (χ1n) is 15.3. The van der Waals surface area contributed by atoms with Crippen LogP contribution in [0.15, 0.2) is 126 Å². The summed E-state index contributed by atoms with van der Waals surface area (Å²) in [5.74, 6) is -0.469. The molecule has 1 aliphatic rings. The number of carboxylic acid groups (broad SMARTS) is 1. The van der Waals surface area contributed by atoms with Crippen LogP contribution in [-0.2, 0) is 22.6 Å². The van der Waals surface area contributed by atoms with Gasteiger partial charge < -0.3 is 25.0 Å². The number of carboxylic acids is 1. The van der Waals surface area contributed by atoms with Crippen molar-refractivity contribution in [2.24, 2.45) is 0 Å². The highest BCUT2D eigenvalue weighted by Gasteiger charge is 2.32. The van der Waals surface area contributed by atoms with Crippen molar-refractivity contribution in [3.8, 4) is 11.1 Å². The Balaban J connectivity index is 1.18. The molecule has 1 saturated heterocycles. The normalized spacial score (nSPS) is 17.6. The fraction of sp³-hybridized carbons (Fsp3) is 0.184. The number of nitrogens with zero attached hydrogens (tertiary/aromatic N) is 1. The maximum atomic E-state index is 12.6. The Morgan fingerprint density at radius 1 is 0.830 bits per heavy atom. The lowest BCUT2D eigenvalue weighted by atomic mass is 9.97. The minimum Gasteiger partial charge on any atom is -0.478 e. The second-order valence-electron chi connectivity index (χ2n) is 11.2. The second kappa shape index (κ2) is 15.2. The van der Waals surface area contributed by atoms with E-state index in [-0.39, 0.29) is 30.3 Å². The highest BCUT2D eigenvalue weighted by molar-refractivity contribution is 7.99. The number of aromatic carboxylic acids is 1. The Labute approximate surface area is 277 Å². The van der Waals surface area contributed by atoms with Crippen molar-refractivity contribution in [3.05, 3.63) is 155 Å². The zero-order valence-corrected chi connectivity index (χ0v) is 26.3. The van der Waals surface area contributed by atoms with Crippen LogP contribution in [0.2, 0.25) is 0 Å². The van der Waals surface area contributed by atoms with Gasteiger partial charge in [-0.3, -0.25) is 9.78 Å². The van der Waals surface area contributed by atoms with E-state index in [0.29, 0.717) is 24.3 Å². The third-order valence-electron chi connectivity index (χ3n) is 8.03. The van der Waals surface area contributed by atoms with Gasteiger partial charge in [0.25, 0.3) is 5.91 Å². The number of pyridine rings is 1. The van der Waals surface area contributed by atoms with Crippen molar-refractivity contribution in [1.82, 2.24) is 10.3 Å². The summed E-state index contributed by atoms with van der Waals surface area (Å²) in [5, 5.41) is 21.7. The number of hydrogen-bond acceptors (Lipinski definition) is 7. The summed E-state index contributed by atoms with van der Waals surface area (Å²) in [5.41, 5.74) is 6.50. The smallest absolute Gasteiger partial charge is 0.335 e. The van der Waals surface area contributed by atoms with Crippen LogP contribution in [0.4, 0.5) is 0 Å². The van der Waals surface area contributed by atoms with Crippen molar-refractivity contribution < 1.29 is 29.3 Å². The monoisotopic (exact) mass is 646 g/mol. The number of thioether (sulfide) groups is 1. The van der Waals surface area contributed by atoms with Gasteiger partial charge in [-0.1, -0.05) is 72.8 Å². The van der Waals surface area contributed by atoms with Crippen LogP contribution in [0.1, 0.15) is 61.8 Å². The molecular formula is C38H34N2O6S. The van der Waals surface area contributed by atoms with Crippen LogP contribution < -0.4 is 5.32 Å². The fourth-order valence-corrected chi connectivity index (χ4v) is 6.38. The predicted octanol–water partition coefficient (Wildman–Crippen LogP) is 7.21. The van der Waals surface area contributed by atoms with Gasteiger partial charge in [0.1, 0.15) is 0 Å². The molecule has 0 spiro atoms. The minimum atomic E-state index is -0.950. The Kier molecular flexibility index (Phi) is 10.4. The van der Waals surface area contributed by atoms with Gasteiger partial charge in [0, 0.05) is 41.6 Å². The number of carbonyl (C=O) groups is 2. The first-order chi connectivity index (χ1) is 23.0. The molecule has 238 valence electrons. The number of benzene rings is 4. The van der Waals surface area contributed by atoms with E-state index in [1.807, 2.05) is 84.9 Å². The molecule has 1 aliphatic heterocycles. The molecule has 0 saturated carbocycles. The Morgan fingerprint density at radius 3 is 2.28 bits per heavy atom. The molecule has 2 heterocycles. The maximum Gasteiger partial charge on any atom is 0.335 e. The summed E-state index contributed by atoms with van der Waals surface area (Å²) in [7, 11) is 0. The third kappa shape index (κ3) is 8.14. The average molecular weight is 647 g/mol. The largest absolute Gasteiger partial charge is 0.478 e. The van der Waals surface area contributed by atoms with Crippen molar-refractivity contribution in [2.75, 3.05) is 5.75 Å². The molecule has 0 unspecified atom stereocenters. The van der Waals surface area contributed by atoms with E-state index in [4.69, 9.17) is 9.47 Å². The number of aromatic nitrogens is 1. The highest BCUT2D eigenvalue weighted by Crippen LogP contribution is 2.40. The molecular weight excluding hydrogens is 612 g/mol. The molecule has 3 atom stereocenters. The van der Waals surface area contributed by atoms with Crippen molar-refractivity contribution in [1.29, 1.82) is 0 Å². The zero-order chi connectivity index (χ0) is 32.6. The number of amides is 1. The quantitative estimate of drug-likeness (QED) is 0.129. The van der Waals surface area contributed by atoms with Gasteiger partial charge >= 0.3 is 5.97 Å². The topological polar surface area (TPSA) is 118 Å². The Bertz CT molecular complexity index is 1800. The molecule has 8 nitrogen and oxygen atoms in total. The van der Waals surface area contributed by atoms with Gasteiger partial charge in [-0.15, -0.1) is 11.8 Å². The molecule has 0 bridgehead atoms. The number of aliphatic hydroxyl groups is 1. The summed E-state index contributed by atoms with van der Waals surface area (Å²) in [6.45, 7) is 0.347. The van der Waals surface area contributed by atoms with Crippen LogP contribution in [0, 0.1) is 0 Å². The van der Waals surface area contributed by atoms with Crippen molar-refractivity contribution in [2.45, 2.75) is 43.0 Å². The first-order valence-corrected chi connectivity index (χ1v) is 16.3. The molecule has 9 heteroatoms. The summed E-state index contributed by atoms with van der Waals surface area (Å²) in [6, 6.07) is 34.2. The van der Waals surface area contributed by atoms with Gasteiger partial charge in [0.05, 0.1) is 29.9 Å². The summed E-state index contributed by atoms with van der Waals surface area (Å²) < 4.78 is 13.0. The van der Waals surface area contributed by atoms with Crippen LogP contribution in [0.3, 0.4) is 0 Å². The lowest BCUT2D eigenvalue weighted by molar-refractivity contribution is -0.245. The second-order valence-corrected chi connectivity index (χ2v) is 12.3. The van der Waals surface area contributed by atoms with Gasteiger partial charge in [-0.2, -0.15) is 0 Å². The van der Waals surface area contributed by atoms with Gasteiger partial charge in [0.15, 0.2) is 6.29 Å². The molecule has 1 amide bonds. The maximum absolute atomic E-state index is 12.6. The van der Waals surface area contributed by atoms with E-state index in [1.165, 1.54) is 0 Å². The number of aliphatic hydroxyl groups excluding tert-OH is 1. The molecule has 1 aromatic heterocycles. The Hall–Kier alpha value is -4.80. The lowest BCUT2D eigenvalue weighted by Gasteiger charge is -2.36. The van der Waals surface area contributed by atoms with Gasteiger partial charge in [0.2, 0.25) is 0 Å². The molecule has 0 aliphatic carbocycles. The third-order valence-corrected chi connectivity index (χ3v) is 9.17. The van der Waals surface area contributed by atoms with E-state index in [0.717, 1.165) is 38.3 Å². The number of hydrogen-bond donors (Lipinski definition) is 3. The van der Waals surface area contributed by atoms with Gasteiger partial charge in [-0.05, 0) is 64.2 Å². The van der Waals surface area contributed by atoms with Crippen LogP contribution in [0.25, 0.3) is 11.1 Å². The van der Waals surface area contributed by atoms with Crippen molar-refractivity contribution in [3.63, 3.8) is 0 Å². The molecule has 0 radical (unpaired) electrons. The van der Waals surface area contributed by atoms with Crippen molar-refractivity contribution >= 4 is 23.6 Å². The number of nitrogens with one attached hydrogen (secondary N) is 1. The summed E-state index contributed by atoms with van der Waals surface area (Å²) in [6.07, 6.45) is 2.87. The molecule has 47 heavy (non-hydrogen) atoms. The average Bonchev–Trinajstić information content (AvgIpc) is 3.13. The van der Waals surface area contributed by atoms with Gasteiger partial charge in [-0.25, -0.2) is 4.79 Å². The van der Waals surface area contributed by atoms with E-state index in [1.54, 1.807) is 48.4 Å². The predicted molar refractivity (Wildman–Crippen MR) is 180 cm³/mol. The molecule has 5 aromatic rings. The number of ether oxygens (including phenoxy) is 2. The van der Waals surface area contributed by atoms with Crippen LogP contribution in [-0.4, -0.2) is 38.9 Å². The standard InChI is InChI=1S/C38H34N2O6S/c41-23-25-7-9-27(10-8-25)35-20-32(24-47-33-17-15-28(16-18-33)37(43)44)45-38(46-35)29-13-11-26(12-14-29)34-6-2-1-4-30(34)22-40-36(42)31-5-3-19-39-21-31/h1-19,21,32,35,38,41H,20,22-24H2,(H,40,42)(H,43,44)/t32-,35+,38+/m1/s1. The molecule has 3 N–H and O–H groups in total. The van der Waals surface area contributed by atoms with E-state index < -0.39 is 12.3 Å².